The molecule has 204 valence electrons. The number of carbonyl (C=O) groups excluding carboxylic acids is 1. The number of benzene rings is 1. The van der Waals surface area contributed by atoms with Crippen LogP contribution in [0.3, 0.4) is 0 Å². The highest BCUT2D eigenvalue weighted by molar-refractivity contribution is 5.97. The van der Waals surface area contributed by atoms with Gasteiger partial charge in [-0.3, -0.25) is 24.8 Å². The highest BCUT2D eigenvalue weighted by Crippen LogP contribution is 2.32. The SMILES string of the molecule is O=C(CC1CCNCC1)Nc1cncc(-c2cc3c(-c4nc5c(-c6ccccc6F)nccc5[nH]4)n[nH]c3cn2)c1. The van der Waals surface area contributed by atoms with Gasteiger partial charge in [0, 0.05) is 35.3 Å². The molecule has 0 aliphatic carbocycles. The number of nitrogens with zero attached hydrogens (tertiary/aromatic N) is 5. The fourth-order valence-electron chi connectivity index (χ4n) is 5.36. The van der Waals surface area contributed by atoms with Crippen molar-refractivity contribution in [3.63, 3.8) is 0 Å². The molecule has 0 radical (unpaired) electrons. The number of hydrogen-bond donors (Lipinski definition) is 4. The van der Waals surface area contributed by atoms with Gasteiger partial charge in [-0.2, -0.15) is 5.10 Å². The second-order valence-corrected chi connectivity index (χ2v) is 10.2. The third kappa shape index (κ3) is 4.91. The van der Waals surface area contributed by atoms with Crippen LogP contribution in [0.1, 0.15) is 19.3 Å². The minimum absolute atomic E-state index is 0.00879. The lowest BCUT2D eigenvalue weighted by Gasteiger charge is -2.21. The van der Waals surface area contributed by atoms with Crippen LogP contribution in [0.15, 0.2) is 67.3 Å². The molecule has 1 saturated heterocycles. The zero-order valence-corrected chi connectivity index (χ0v) is 22.0. The summed E-state index contributed by atoms with van der Waals surface area (Å²) < 4.78 is 14.6. The van der Waals surface area contributed by atoms with Crippen molar-refractivity contribution in [1.82, 2.24) is 40.4 Å². The van der Waals surface area contributed by atoms with Crippen molar-refractivity contribution in [3.8, 4) is 34.0 Å². The van der Waals surface area contributed by atoms with Gasteiger partial charge in [-0.1, -0.05) is 12.1 Å². The van der Waals surface area contributed by atoms with E-state index in [-0.39, 0.29) is 11.7 Å². The smallest absolute Gasteiger partial charge is 0.224 e. The van der Waals surface area contributed by atoms with Crippen molar-refractivity contribution in [2.45, 2.75) is 19.3 Å². The Morgan fingerprint density at radius 1 is 1.00 bits per heavy atom. The van der Waals surface area contributed by atoms with E-state index in [2.05, 4.69) is 40.8 Å². The minimum atomic E-state index is -0.365. The maximum atomic E-state index is 14.6. The van der Waals surface area contributed by atoms with E-state index in [1.54, 1.807) is 49.1 Å². The van der Waals surface area contributed by atoms with E-state index in [1.165, 1.54) is 6.07 Å². The topological polar surface area (TPSA) is 137 Å². The number of pyridine rings is 3. The number of fused-ring (bicyclic) bond motifs is 2. The Morgan fingerprint density at radius 2 is 1.88 bits per heavy atom. The van der Waals surface area contributed by atoms with E-state index < -0.39 is 0 Å². The summed E-state index contributed by atoms with van der Waals surface area (Å²) in [6, 6.07) is 12.1. The van der Waals surface area contributed by atoms with Crippen molar-refractivity contribution in [2.75, 3.05) is 18.4 Å². The number of carbonyl (C=O) groups is 1. The van der Waals surface area contributed by atoms with Crippen molar-refractivity contribution < 1.29 is 9.18 Å². The lowest BCUT2D eigenvalue weighted by Crippen LogP contribution is -2.30. The molecule has 1 aliphatic heterocycles. The molecule has 41 heavy (non-hydrogen) atoms. The maximum absolute atomic E-state index is 14.6. The Bertz CT molecular complexity index is 1890. The molecule has 11 heteroatoms. The van der Waals surface area contributed by atoms with Gasteiger partial charge in [0.05, 0.1) is 34.8 Å². The Kier molecular flexibility index (Phi) is 6.40. The summed E-state index contributed by atoms with van der Waals surface area (Å²) in [6.45, 7) is 1.91. The lowest BCUT2D eigenvalue weighted by molar-refractivity contribution is -0.117. The molecule has 0 unspecified atom stereocenters. The van der Waals surface area contributed by atoms with Gasteiger partial charge in [-0.25, -0.2) is 9.37 Å². The fraction of sp³-hybridized carbons (Fsp3) is 0.200. The molecule has 0 spiro atoms. The monoisotopic (exact) mass is 547 g/mol. The van der Waals surface area contributed by atoms with Crippen molar-refractivity contribution >= 4 is 33.5 Å². The molecule has 1 aromatic carbocycles. The summed E-state index contributed by atoms with van der Waals surface area (Å²) in [5.74, 6) is 0.542. The molecule has 6 heterocycles. The van der Waals surface area contributed by atoms with Crippen molar-refractivity contribution in [1.29, 1.82) is 0 Å². The van der Waals surface area contributed by atoms with Gasteiger partial charge in [-0.05, 0) is 62.2 Å². The number of hydrogen-bond acceptors (Lipinski definition) is 7. The average molecular weight is 548 g/mol. The van der Waals surface area contributed by atoms with E-state index in [0.29, 0.717) is 52.0 Å². The molecular formula is C30H26FN9O. The number of anilines is 1. The molecule has 1 aliphatic rings. The summed E-state index contributed by atoms with van der Waals surface area (Å²) >= 11 is 0. The van der Waals surface area contributed by atoms with Crippen LogP contribution in [0.4, 0.5) is 10.1 Å². The first-order valence-corrected chi connectivity index (χ1v) is 13.5. The predicted octanol–water partition coefficient (Wildman–Crippen LogP) is 5.09. The van der Waals surface area contributed by atoms with Crippen molar-refractivity contribution in [3.05, 3.63) is 73.1 Å². The van der Waals surface area contributed by atoms with E-state index in [0.717, 1.165) is 47.9 Å². The molecule has 10 nitrogen and oxygen atoms in total. The second kappa shape index (κ2) is 10.5. The molecule has 7 rings (SSSR count). The third-order valence-electron chi connectivity index (χ3n) is 7.45. The van der Waals surface area contributed by atoms with Gasteiger partial charge < -0.3 is 15.6 Å². The van der Waals surface area contributed by atoms with Crippen LogP contribution in [0.5, 0.6) is 0 Å². The number of imidazole rings is 1. The molecule has 0 atom stereocenters. The number of H-pyrrole nitrogens is 2. The second-order valence-electron chi connectivity index (χ2n) is 10.2. The minimum Gasteiger partial charge on any atom is -0.336 e. The summed E-state index contributed by atoms with van der Waals surface area (Å²) in [7, 11) is 0. The Balaban J connectivity index is 1.20. The highest BCUT2D eigenvalue weighted by Gasteiger charge is 2.19. The Labute approximate surface area is 233 Å². The van der Waals surface area contributed by atoms with Gasteiger partial charge in [0.1, 0.15) is 22.7 Å². The molecule has 4 N–H and O–H groups in total. The molecule has 6 aromatic rings. The average Bonchev–Trinajstić information content (AvgIpc) is 3.62. The predicted molar refractivity (Wildman–Crippen MR) is 154 cm³/mol. The molecule has 5 aromatic heterocycles. The number of amides is 1. The molecular weight excluding hydrogens is 521 g/mol. The van der Waals surface area contributed by atoms with Crippen LogP contribution >= 0.6 is 0 Å². The Hall–Kier alpha value is -5.03. The summed E-state index contributed by atoms with van der Waals surface area (Å²) in [5, 5.41) is 14.6. The molecule has 1 amide bonds. The third-order valence-corrected chi connectivity index (χ3v) is 7.45. The first kappa shape index (κ1) is 25.0. The number of aromatic amines is 2. The molecule has 0 saturated carbocycles. The van der Waals surface area contributed by atoms with Crippen LogP contribution in [0.2, 0.25) is 0 Å². The number of halogens is 1. The van der Waals surface area contributed by atoms with E-state index >= 15 is 0 Å². The van der Waals surface area contributed by atoms with Gasteiger partial charge in [0.2, 0.25) is 5.91 Å². The van der Waals surface area contributed by atoms with Crippen LogP contribution in [0, 0.1) is 11.7 Å². The summed E-state index contributed by atoms with van der Waals surface area (Å²) in [6.07, 6.45) is 9.20. The first-order chi connectivity index (χ1) is 20.1. The standard InChI is InChI=1S/C30H26FN9O/c31-22-4-2-1-3-20(22)27-29-23(7-10-34-27)37-30(38-29)28-21-13-24(35-16-25(21)39-40-28)18-12-19(15-33-14-18)36-26(41)11-17-5-8-32-9-6-17/h1-4,7,10,12-17,32H,5-6,8-9,11H2,(H,36,41)(H,37,38)(H,39,40). The van der Waals surface area contributed by atoms with Gasteiger partial charge in [-0.15, -0.1) is 0 Å². The largest absolute Gasteiger partial charge is 0.336 e. The first-order valence-electron chi connectivity index (χ1n) is 13.5. The fourth-order valence-corrected chi connectivity index (χ4v) is 5.36. The molecule has 0 bridgehead atoms. The van der Waals surface area contributed by atoms with Crippen LogP contribution in [0.25, 0.3) is 56.0 Å². The number of rotatable bonds is 6. The van der Waals surface area contributed by atoms with E-state index in [9.17, 15) is 9.18 Å². The van der Waals surface area contributed by atoms with Crippen LogP contribution in [-0.2, 0) is 4.79 Å². The highest BCUT2D eigenvalue weighted by atomic mass is 19.1. The normalized spacial score (nSPS) is 14.1. The summed E-state index contributed by atoms with van der Waals surface area (Å²) in [5.41, 5.74) is 5.49. The maximum Gasteiger partial charge on any atom is 0.224 e. The van der Waals surface area contributed by atoms with E-state index in [4.69, 9.17) is 4.98 Å². The number of nitrogens with one attached hydrogen (secondary N) is 4. The van der Waals surface area contributed by atoms with Gasteiger partial charge >= 0.3 is 0 Å². The van der Waals surface area contributed by atoms with Crippen LogP contribution in [-0.4, -0.2) is 54.1 Å². The molecule has 1 fully saturated rings. The van der Waals surface area contributed by atoms with Gasteiger partial charge in [0.25, 0.3) is 0 Å². The zero-order chi connectivity index (χ0) is 27.8. The number of piperidine rings is 1. The lowest BCUT2D eigenvalue weighted by atomic mass is 9.94. The quantitative estimate of drug-likeness (QED) is 0.228. The summed E-state index contributed by atoms with van der Waals surface area (Å²) in [4.78, 5) is 34.1. The van der Waals surface area contributed by atoms with Gasteiger partial charge in [0.15, 0.2) is 5.82 Å². The number of aromatic nitrogens is 7. The Morgan fingerprint density at radius 3 is 2.76 bits per heavy atom. The van der Waals surface area contributed by atoms with E-state index in [1.807, 2.05) is 12.1 Å². The zero-order valence-electron chi connectivity index (χ0n) is 22.0. The van der Waals surface area contributed by atoms with Crippen LogP contribution < -0.4 is 10.6 Å². The van der Waals surface area contributed by atoms with Crippen molar-refractivity contribution in [2.24, 2.45) is 5.92 Å².